The van der Waals surface area contributed by atoms with E-state index >= 15 is 0 Å². The molecular formula is C22H25N3O5Se. The van der Waals surface area contributed by atoms with Crippen LogP contribution in [0.3, 0.4) is 0 Å². The summed E-state index contributed by atoms with van der Waals surface area (Å²) in [6, 6.07) is 12.8. The van der Waals surface area contributed by atoms with Gasteiger partial charge in [0, 0.05) is 0 Å². The first-order valence-corrected chi connectivity index (χ1v) is 12.4. The third-order valence-corrected chi connectivity index (χ3v) is 5.59. The van der Waals surface area contributed by atoms with E-state index in [4.69, 9.17) is 4.74 Å². The normalized spacial score (nSPS) is 14.5. The van der Waals surface area contributed by atoms with Crippen molar-refractivity contribution in [3.63, 3.8) is 0 Å². The number of rotatable bonds is 6. The molecule has 0 aromatic heterocycles. The van der Waals surface area contributed by atoms with Gasteiger partial charge in [0.05, 0.1) is 6.26 Å². The Labute approximate surface area is 187 Å². The van der Waals surface area contributed by atoms with Crippen molar-refractivity contribution in [1.29, 1.82) is 0 Å². The standard InChI is InChI=1S/C19H21N3O4Se.C3H4O/c1-27-20-19(23)17-13-16(22(24)25)12-15(11-14-5-3-2-4-6-14)18(17)21-7-9-26-10-8-21;1-2-4-3-1/h2-6,12-13H,7-11H2,1H3,(H,20,23);1-2H,3H2. The van der Waals surface area contributed by atoms with E-state index < -0.39 is 4.92 Å². The van der Waals surface area contributed by atoms with Crippen molar-refractivity contribution in [3.05, 3.63) is 81.6 Å². The minimum atomic E-state index is -0.439. The van der Waals surface area contributed by atoms with Crippen molar-refractivity contribution >= 4 is 32.5 Å². The van der Waals surface area contributed by atoms with E-state index in [-0.39, 0.29) is 26.8 Å². The molecule has 0 aliphatic carbocycles. The van der Waals surface area contributed by atoms with Gasteiger partial charge in [0.2, 0.25) is 0 Å². The van der Waals surface area contributed by atoms with Gasteiger partial charge in [-0.15, -0.1) is 0 Å². The second-order valence-electron chi connectivity index (χ2n) is 6.86. The quantitative estimate of drug-likeness (QED) is 0.380. The minimum absolute atomic E-state index is 0.0632. The van der Waals surface area contributed by atoms with E-state index in [0.29, 0.717) is 38.3 Å². The summed E-state index contributed by atoms with van der Waals surface area (Å²) in [6.45, 7) is 3.26. The number of nitrogens with zero attached hydrogens (tertiary/aromatic N) is 2. The van der Waals surface area contributed by atoms with Gasteiger partial charge >= 0.3 is 164 Å². The molecule has 1 N–H and O–H groups in total. The number of anilines is 1. The van der Waals surface area contributed by atoms with Crippen LogP contribution < -0.4 is 9.23 Å². The summed E-state index contributed by atoms with van der Waals surface area (Å²) in [5.74, 6) is 1.62. The van der Waals surface area contributed by atoms with Crippen molar-refractivity contribution in [2.75, 3.05) is 37.8 Å². The van der Waals surface area contributed by atoms with E-state index in [1.165, 1.54) is 6.07 Å². The Balaban J connectivity index is 0.000000610. The molecule has 1 amide bonds. The van der Waals surface area contributed by atoms with Crippen LogP contribution in [-0.2, 0) is 15.9 Å². The third kappa shape index (κ3) is 6.30. The predicted molar refractivity (Wildman–Crippen MR) is 120 cm³/mol. The SMILES string of the molecule is C1=COC1.C[Se]NC(=O)c1cc([N+](=O)[O-])cc(Cc2ccccc2)c1N1CCOCC1. The van der Waals surface area contributed by atoms with Gasteiger partial charge in [0.25, 0.3) is 0 Å². The molecule has 4 rings (SSSR count). The molecule has 2 aromatic rings. The number of benzene rings is 2. The van der Waals surface area contributed by atoms with Crippen LogP contribution in [0.1, 0.15) is 21.5 Å². The number of non-ortho nitro benzene ring substituents is 1. The summed E-state index contributed by atoms with van der Waals surface area (Å²) in [6.07, 6.45) is 4.16. The molecule has 2 aromatic carbocycles. The van der Waals surface area contributed by atoms with Crippen molar-refractivity contribution < 1.29 is 19.2 Å². The first kappa shape index (κ1) is 22.8. The Bertz CT molecular complexity index is 924. The molecular weight excluding hydrogens is 465 g/mol. The number of hydrogen-bond donors (Lipinski definition) is 1. The van der Waals surface area contributed by atoms with Crippen LogP contribution in [-0.4, -0.2) is 58.9 Å². The predicted octanol–water partition coefficient (Wildman–Crippen LogP) is 2.95. The summed E-state index contributed by atoms with van der Waals surface area (Å²) in [5.41, 5.74) is 2.89. The Morgan fingerprint density at radius 1 is 1.23 bits per heavy atom. The molecule has 8 nitrogen and oxygen atoms in total. The maximum atomic E-state index is 12.7. The number of nitrogens with one attached hydrogen (secondary N) is 1. The fraction of sp³-hybridized carbons (Fsp3) is 0.318. The maximum absolute atomic E-state index is 12.7. The van der Waals surface area contributed by atoms with Gasteiger partial charge in [-0.3, -0.25) is 0 Å². The van der Waals surface area contributed by atoms with Crippen molar-refractivity contribution in [2.24, 2.45) is 0 Å². The van der Waals surface area contributed by atoms with Gasteiger partial charge < -0.3 is 4.74 Å². The zero-order valence-corrected chi connectivity index (χ0v) is 19.0. The summed E-state index contributed by atoms with van der Waals surface area (Å²) < 4.78 is 12.8. The molecule has 2 aliphatic heterocycles. The Morgan fingerprint density at radius 2 is 1.87 bits per heavy atom. The molecule has 0 radical (unpaired) electrons. The summed E-state index contributed by atoms with van der Waals surface area (Å²) >= 11 is -0.0798. The fourth-order valence-corrected chi connectivity index (χ4v) is 3.93. The van der Waals surface area contributed by atoms with Crippen LogP contribution in [0.2, 0.25) is 5.82 Å². The Hall–Kier alpha value is -2.87. The van der Waals surface area contributed by atoms with Crippen LogP contribution in [0.5, 0.6) is 0 Å². The topological polar surface area (TPSA) is 93.9 Å². The van der Waals surface area contributed by atoms with Gasteiger partial charge in [-0.05, 0) is 6.08 Å². The van der Waals surface area contributed by atoms with E-state index in [9.17, 15) is 14.9 Å². The monoisotopic (exact) mass is 491 g/mol. The number of morpholine rings is 1. The van der Waals surface area contributed by atoms with Crippen molar-refractivity contribution in [3.8, 4) is 0 Å². The number of carbonyl (C=O) groups excluding carboxylic acids is 1. The molecule has 0 bridgehead atoms. The van der Waals surface area contributed by atoms with Gasteiger partial charge in [0.1, 0.15) is 6.61 Å². The molecule has 31 heavy (non-hydrogen) atoms. The van der Waals surface area contributed by atoms with E-state index in [0.717, 1.165) is 23.4 Å². The number of nitro benzene ring substituents is 1. The number of amides is 1. The first-order chi connectivity index (χ1) is 15.1. The van der Waals surface area contributed by atoms with E-state index in [1.54, 1.807) is 12.3 Å². The zero-order chi connectivity index (χ0) is 22.1. The second kappa shape index (κ2) is 11.5. The number of hydrogen-bond acceptors (Lipinski definition) is 6. The summed E-state index contributed by atoms with van der Waals surface area (Å²) in [4.78, 5) is 25.8. The fourth-order valence-electron chi connectivity index (χ4n) is 3.31. The van der Waals surface area contributed by atoms with Crippen LogP contribution in [0.25, 0.3) is 0 Å². The Morgan fingerprint density at radius 3 is 2.42 bits per heavy atom. The van der Waals surface area contributed by atoms with Gasteiger partial charge in [-0.1, -0.05) is 0 Å². The third-order valence-electron chi connectivity index (χ3n) is 4.77. The molecule has 1 fully saturated rings. The molecule has 9 heteroatoms. The van der Waals surface area contributed by atoms with E-state index in [1.807, 2.05) is 42.2 Å². The second-order valence-corrected chi connectivity index (χ2v) is 8.15. The van der Waals surface area contributed by atoms with E-state index in [2.05, 4.69) is 14.0 Å². The molecule has 0 atom stereocenters. The summed E-state index contributed by atoms with van der Waals surface area (Å²) in [7, 11) is 0. The Kier molecular flexibility index (Phi) is 8.46. The number of carbonyl (C=O) groups is 1. The molecule has 2 heterocycles. The van der Waals surface area contributed by atoms with Crippen LogP contribution in [0, 0.1) is 10.1 Å². The molecule has 2 aliphatic rings. The molecule has 0 saturated carbocycles. The van der Waals surface area contributed by atoms with Crippen molar-refractivity contribution in [1.82, 2.24) is 4.33 Å². The average molecular weight is 490 g/mol. The average Bonchev–Trinajstić information content (AvgIpc) is 2.73. The number of ether oxygens (including phenoxy) is 2. The van der Waals surface area contributed by atoms with Crippen LogP contribution in [0.15, 0.2) is 54.8 Å². The molecule has 0 spiro atoms. The summed E-state index contributed by atoms with van der Waals surface area (Å²) in [5, 5.41) is 11.5. The van der Waals surface area contributed by atoms with Gasteiger partial charge in [-0.2, -0.15) is 0 Å². The first-order valence-electron chi connectivity index (χ1n) is 9.88. The van der Waals surface area contributed by atoms with Gasteiger partial charge in [-0.25, -0.2) is 0 Å². The van der Waals surface area contributed by atoms with Gasteiger partial charge in [0.15, 0.2) is 0 Å². The molecule has 1 saturated heterocycles. The van der Waals surface area contributed by atoms with Crippen LogP contribution in [0.4, 0.5) is 11.4 Å². The zero-order valence-electron chi connectivity index (χ0n) is 17.3. The molecule has 164 valence electrons. The van der Waals surface area contributed by atoms with Crippen molar-refractivity contribution in [2.45, 2.75) is 12.2 Å². The number of nitro groups is 1. The molecule has 0 unspecified atom stereocenters. The van der Waals surface area contributed by atoms with Crippen LogP contribution >= 0.6 is 0 Å².